The molecule has 0 bridgehead atoms. The number of allylic oxidation sites excluding steroid dienone is 14. The van der Waals surface area contributed by atoms with E-state index in [0.29, 0.717) is 19.3 Å². The highest BCUT2D eigenvalue weighted by molar-refractivity contribution is 5.71. The van der Waals surface area contributed by atoms with Crippen molar-refractivity contribution in [1.82, 2.24) is 0 Å². The molecule has 79 heavy (non-hydrogen) atoms. The number of carbonyl (C=O) groups is 3. The summed E-state index contributed by atoms with van der Waals surface area (Å²) in [7, 11) is 0. The van der Waals surface area contributed by atoms with E-state index in [2.05, 4.69) is 106 Å². The number of carbonyl (C=O) groups excluding carboxylic acids is 3. The fourth-order valence-electron chi connectivity index (χ4n) is 9.76. The molecule has 0 aliphatic carbocycles. The van der Waals surface area contributed by atoms with Crippen molar-refractivity contribution >= 4 is 17.9 Å². The third kappa shape index (κ3) is 65.3. The van der Waals surface area contributed by atoms with Gasteiger partial charge in [0.05, 0.1) is 0 Å². The number of ether oxygens (including phenoxy) is 3. The van der Waals surface area contributed by atoms with E-state index in [1.54, 1.807) is 0 Å². The molecule has 0 heterocycles. The first-order chi connectivity index (χ1) is 39.0. The molecule has 0 fully saturated rings. The Morgan fingerprint density at radius 3 is 0.810 bits per heavy atom. The minimum atomic E-state index is -0.786. The Balaban J connectivity index is 4.20. The Bertz CT molecular complexity index is 1500. The zero-order valence-electron chi connectivity index (χ0n) is 52.4. The summed E-state index contributed by atoms with van der Waals surface area (Å²) in [6, 6.07) is 0. The molecule has 0 saturated heterocycles. The Morgan fingerprint density at radius 1 is 0.266 bits per heavy atom. The molecular weight excluding hydrogens is 973 g/mol. The van der Waals surface area contributed by atoms with E-state index in [1.165, 1.54) is 186 Å². The van der Waals surface area contributed by atoms with E-state index in [9.17, 15) is 14.4 Å². The lowest BCUT2D eigenvalue weighted by molar-refractivity contribution is -0.167. The van der Waals surface area contributed by atoms with Crippen LogP contribution in [0.1, 0.15) is 342 Å². The van der Waals surface area contributed by atoms with Gasteiger partial charge in [0.1, 0.15) is 13.2 Å². The lowest BCUT2D eigenvalue weighted by Gasteiger charge is -2.18. The van der Waals surface area contributed by atoms with Crippen molar-refractivity contribution in [3.63, 3.8) is 0 Å². The van der Waals surface area contributed by atoms with E-state index in [0.717, 1.165) is 116 Å². The van der Waals surface area contributed by atoms with Crippen molar-refractivity contribution in [2.24, 2.45) is 0 Å². The average Bonchev–Trinajstić information content (AvgIpc) is 3.45. The van der Waals surface area contributed by atoms with Crippen LogP contribution in [0.5, 0.6) is 0 Å². The van der Waals surface area contributed by atoms with Crippen molar-refractivity contribution in [1.29, 1.82) is 0 Å². The number of unbranched alkanes of at least 4 members (excludes halogenated alkanes) is 37. The molecule has 0 rings (SSSR count). The van der Waals surface area contributed by atoms with E-state index in [4.69, 9.17) is 14.2 Å². The lowest BCUT2D eigenvalue weighted by Crippen LogP contribution is -2.30. The minimum Gasteiger partial charge on any atom is -0.462 e. The van der Waals surface area contributed by atoms with Gasteiger partial charge in [-0.2, -0.15) is 0 Å². The smallest absolute Gasteiger partial charge is 0.306 e. The van der Waals surface area contributed by atoms with Crippen LogP contribution in [0.3, 0.4) is 0 Å². The van der Waals surface area contributed by atoms with Crippen LogP contribution in [0.25, 0.3) is 0 Å². The van der Waals surface area contributed by atoms with Crippen LogP contribution in [0, 0.1) is 0 Å². The monoisotopic (exact) mass is 1100 g/mol. The molecule has 6 nitrogen and oxygen atoms in total. The number of hydrogen-bond donors (Lipinski definition) is 0. The SMILES string of the molecule is CC/C=C\C/C=C\C/C=C\C/C=C\CCCCCCCCCCCCCCCCCCCCC(=O)OCC(COC(=O)CCCCCCC/C=C\CCCCCCCC)OC(=O)CCCCCCC/C=C\C/C=C\CCCCC. The number of esters is 3. The van der Waals surface area contributed by atoms with Crippen LogP contribution in [-0.2, 0) is 28.6 Å². The predicted octanol–water partition coefficient (Wildman–Crippen LogP) is 23.4. The summed E-state index contributed by atoms with van der Waals surface area (Å²) < 4.78 is 16.9. The van der Waals surface area contributed by atoms with Crippen molar-refractivity contribution in [3.8, 4) is 0 Å². The maximum absolute atomic E-state index is 12.9. The first-order valence-corrected chi connectivity index (χ1v) is 34.1. The van der Waals surface area contributed by atoms with Gasteiger partial charge in [0, 0.05) is 19.3 Å². The summed E-state index contributed by atoms with van der Waals surface area (Å²) >= 11 is 0. The van der Waals surface area contributed by atoms with Gasteiger partial charge in [0.25, 0.3) is 0 Å². The van der Waals surface area contributed by atoms with Crippen LogP contribution in [0.15, 0.2) is 85.1 Å². The quantitative estimate of drug-likeness (QED) is 0.0261. The zero-order chi connectivity index (χ0) is 57.1. The molecule has 0 aliphatic heterocycles. The number of rotatable bonds is 62. The topological polar surface area (TPSA) is 78.9 Å². The van der Waals surface area contributed by atoms with Gasteiger partial charge in [-0.1, -0.05) is 292 Å². The highest BCUT2D eigenvalue weighted by Gasteiger charge is 2.19. The molecule has 0 saturated carbocycles. The second-order valence-electron chi connectivity index (χ2n) is 22.7. The molecule has 6 heteroatoms. The summed E-state index contributed by atoms with van der Waals surface area (Å²) in [6.45, 7) is 6.52. The van der Waals surface area contributed by atoms with Crippen LogP contribution in [-0.4, -0.2) is 37.2 Å². The van der Waals surface area contributed by atoms with Gasteiger partial charge in [0.15, 0.2) is 6.10 Å². The van der Waals surface area contributed by atoms with Crippen molar-refractivity contribution in [2.75, 3.05) is 13.2 Å². The van der Waals surface area contributed by atoms with Crippen LogP contribution < -0.4 is 0 Å². The maximum atomic E-state index is 12.9. The van der Waals surface area contributed by atoms with Crippen molar-refractivity contribution in [2.45, 2.75) is 348 Å². The fourth-order valence-corrected chi connectivity index (χ4v) is 9.76. The molecule has 0 spiro atoms. The Morgan fingerprint density at radius 2 is 0.494 bits per heavy atom. The van der Waals surface area contributed by atoms with Gasteiger partial charge < -0.3 is 14.2 Å². The Labute approximate surface area is 490 Å². The zero-order valence-corrected chi connectivity index (χ0v) is 52.4. The van der Waals surface area contributed by atoms with E-state index in [1.807, 2.05) is 0 Å². The van der Waals surface area contributed by atoms with Crippen LogP contribution >= 0.6 is 0 Å². The van der Waals surface area contributed by atoms with Gasteiger partial charge in [-0.15, -0.1) is 0 Å². The molecule has 0 aromatic rings. The molecule has 0 N–H and O–H groups in total. The van der Waals surface area contributed by atoms with E-state index in [-0.39, 0.29) is 31.1 Å². The summed E-state index contributed by atoms with van der Waals surface area (Å²) in [4.78, 5) is 38.3. The fraction of sp³-hybridized carbons (Fsp3) is 0.767. The summed E-state index contributed by atoms with van der Waals surface area (Å²) in [6.07, 6.45) is 88.9. The molecule has 456 valence electrons. The van der Waals surface area contributed by atoms with E-state index >= 15 is 0 Å². The molecule has 1 unspecified atom stereocenters. The first kappa shape index (κ1) is 75.6. The third-order valence-corrected chi connectivity index (χ3v) is 14.9. The Kier molecular flexibility index (Phi) is 64.2. The van der Waals surface area contributed by atoms with Crippen LogP contribution in [0.2, 0.25) is 0 Å². The normalized spacial score (nSPS) is 12.6. The largest absolute Gasteiger partial charge is 0.462 e. The molecule has 0 radical (unpaired) electrons. The minimum absolute atomic E-state index is 0.0813. The highest BCUT2D eigenvalue weighted by atomic mass is 16.6. The Hall–Kier alpha value is -3.41. The second kappa shape index (κ2) is 67.1. The maximum Gasteiger partial charge on any atom is 0.306 e. The van der Waals surface area contributed by atoms with Crippen molar-refractivity contribution in [3.05, 3.63) is 85.1 Å². The van der Waals surface area contributed by atoms with Gasteiger partial charge in [-0.25, -0.2) is 0 Å². The summed E-state index contributed by atoms with van der Waals surface area (Å²) in [5, 5.41) is 0. The van der Waals surface area contributed by atoms with Gasteiger partial charge in [-0.3, -0.25) is 14.4 Å². The lowest BCUT2D eigenvalue weighted by atomic mass is 10.0. The number of hydrogen-bond acceptors (Lipinski definition) is 6. The first-order valence-electron chi connectivity index (χ1n) is 34.1. The second-order valence-corrected chi connectivity index (χ2v) is 22.7. The average molecular weight is 1100 g/mol. The highest BCUT2D eigenvalue weighted by Crippen LogP contribution is 2.17. The molecule has 1 atom stereocenters. The van der Waals surface area contributed by atoms with Gasteiger partial charge >= 0.3 is 17.9 Å². The summed E-state index contributed by atoms with van der Waals surface area (Å²) in [5.74, 6) is -0.888. The van der Waals surface area contributed by atoms with Crippen molar-refractivity contribution < 1.29 is 28.6 Å². The molecule has 0 aliphatic rings. The summed E-state index contributed by atoms with van der Waals surface area (Å²) in [5.41, 5.74) is 0. The van der Waals surface area contributed by atoms with E-state index < -0.39 is 6.10 Å². The van der Waals surface area contributed by atoms with Crippen LogP contribution in [0.4, 0.5) is 0 Å². The molecule has 0 aromatic heterocycles. The molecule has 0 aromatic carbocycles. The van der Waals surface area contributed by atoms with Gasteiger partial charge in [0.2, 0.25) is 0 Å². The molecule has 0 amide bonds. The predicted molar refractivity (Wildman–Crippen MR) is 344 cm³/mol. The molecular formula is C73H128O6. The standard InChI is InChI=1S/C73H128O6/c1-4-7-10-13-16-19-22-25-28-29-30-31-32-33-34-35-36-37-38-39-40-41-42-43-46-48-51-54-57-60-63-66-72(75)78-69-70(79-73(76)67-64-61-58-55-52-49-45-27-24-21-18-15-12-9-6-3)68-77-71(74)65-62-59-56-53-50-47-44-26-23-20-17-14-11-8-5-2/h7,10,16,18-19,21,25-28,30-31,44-45,70H,4-6,8-9,11-15,17,20,22-24,29,32-43,46-69H2,1-3H3/b10-7-,19-16-,21-18-,28-25-,31-30-,44-26-,45-27-. The van der Waals surface area contributed by atoms with Gasteiger partial charge in [-0.05, 0) is 116 Å². The third-order valence-electron chi connectivity index (χ3n) is 14.9.